The van der Waals surface area contributed by atoms with Gasteiger partial charge >= 0.3 is 0 Å². The van der Waals surface area contributed by atoms with Crippen molar-refractivity contribution in [3.8, 4) is 0 Å². The van der Waals surface area contributed by atoms with Gasteiger partial charge in [0.1, 0.15) is 5.82 Å². The van der Waals surface area contributed by atoms with Gasteiger partial charge in [-0.3, -0.25) is 0 Å². The molecule has 0 aliphatic heterocycles. The largest absolute Gasteiger partial charge is 0.309 e. The van der Waals surface area contributed by atoms with Crippen molar-refractivity contribution in [1.82, 2.24) is 5.32 Å². The number of benzene rings is 2. The average Bonchev–Trinajstić information content (AvgIpc) is 2.28. The van der Waals surface area contributed by atoms with E-state index in [2.05, 4.69) is 40.3 Å². The molecule has 0 aliphatic rings. The minimum Gasteiger partial charge on any atom is -0.309 e. The molecule has 0 amide bonds. The summed E-state index contributed by atoms with van der Waals surface area (Å²) < 4.78 is 14.2. The van der Waals surface area contributed by atoms with Gasteiger partial charge in [0.25, 0.3) is 0 Å². The molecule has 0 aliphatic carbocycles. The summed E-state index contributed by atoms with van der Waals surface area (Å²) >= 11 is 3.33. The van der Waals surface area contributed by atoms with Gasteiger partial charge in [0.15, 0.2) is 0 Å². The van der Waals surface area contributed by atoms with Crippen molar-refractivity contribution >= 4 is 15.9 Å². The van der Waals surface area contributed by atoms with E-state index in [1.165, 1.54) is 11.6 Å². The summed E-state index contributed by atoms with van der Waals surface area (Å²) in [5, 5.41) is 3.23. The fourth-order valence-electron chi connectivity index (χ4n) is 2.12. The Morgan fingerprint density at radius 3 is 2.50 bits per heavy atom. The van der Waals surface area contributed by atoms with Crippen LogP contribution >= 0.6 is 15.9 Å². The third-order valence-electron chi connectivity index (χ3n) is 2.88. The first-order valence-electron chi connectivity index (χ1n) is 5.80. The Morgan fingerprint density at radius 1 is 1.11 bits per heavy atom. The molecule has 0 heterocycles. The topological polar surface area (TPSA) is 12.0 Å². The van der Waals surface area contributed by atoms with Crippen LogP contribution in [-0.4, -0.2) is 7.05 Å². The predicted molar refractivity (Wildman–Crippen MR) is 76.2 cm³/mol. The van der Waals surface area contributed by atoms with Gasteiger partial charge in [-0.25, -0.2) is 4.39 Å². The second kappa shape index (κ2) is 5.63. The van der Waals surface area contributed by atoms with Crippen molar-refractivity contribution in [2.24, 2.45) is 0 Å². The number of rotatable bonds is 3. The highest BCUT2D eigenvalue weighted by molar-refractivity contribution is 9.10. The molecule has 0 aromatic heterocycles. The van der Waals surface area contributed by atoms with E-state index < -0.39 is 0 Å². The highest BCUT2D eigenvalue weighted by atomic mass is 79.9. The smallest absolute Gasteiger partial charge is 0.124 e. The maximum Gasteiger partial charge on any atom is 0.124 e. The molecule has 0 saturated heterocycles. The summed E-state index contributed by atoms with van der Waals surface area (Å²) in [5.41, 5.74) is 3.24. The zero-order valence-corrected chi connectivity index (χ0v) is 12.0. The Hall–Kier alpha value is -1.19. The highest BCUT2D eigenvalue weighted by Crippen LogP contribution is 2.26. The van der Waals surface area contributed by atoms with E-state index >= 15 is 0 Å². The van der Waals surface area contributed by atoms with Crippen LogP contribution in [0.15, 0.2) is 46.9 Å². The summed E-state index contributed by atoms with van der Waals surface area (Å²) in [5.74, 6) is -0.229. The molecule has 2 aromatic carbocycles. The molecule has 0 radical (unpaired) electrons. The molecular formula is C15H15BrFN. The van der Waals surface area contributed by atoms with E-state index in [4.69, 9.17) is 0 Å². The molecule has 2 rings (SSSR count). The van der Waals surface area contributed by atoms with Gasteiger partial charge in [0.05, 0.1) is 6.04 Å². The second-order valence-corrected chi connectivity index (χ2v) is 5.25. The summed E-state index contributed by atoms with van der Waals surface area (Å²) in [4.78, 5) is 0. The van der Waals surface area contributed by atoms with E-state index in [0.29, 0.717) is 0 Å². The van der Waals surface area contributed by atoms with Gasteiger partial charge in [0.2, 0.25) is 0 Å². The summed E-state index contributed by atoms with van der Waals surface area (Å²) in [7, 11) is 1.88. The molecule has 0 fully saturated rings. The van der Waals surface area contributed by atoms with Crippen LogP contribution in [0.25, 0.3) is 0 Å². The molecule has 0 saturated carbocycles. The Kier molecular flexibility index (Phi) is 4.15. The Balaban J connectivity index is 2.45. The second-order valence-electron chi connectivity index (χ2n) is 4.34. The Morgan fingerprint density at radius 2 is 1.89 bits per heavy atom. The monoisotopic (exact) mass is 307 g/mol. The molecule has 1 atom stereocenters. The fourth-order valence-corrected chi connectivity index (χ4v) is 2.60. The molecule has 3 heteroatoms. The number of halogens is 2. The van der Waals surface area contributed by atoms with E-state index in [9.17, 15) is 4.39 Å². The molecule has 2 aromatic rings. The van der Waals surface area contributed by atoms with E-state index in [1.807, 2.05) is 25.2 Å². The highest BCUT2D eigenvalue weighted by Gasteiger charge is 2.13. The van der Waals surface area contributed by atoms with Gasteiger partial charge < -0.3 is 5.32 Å². The van der Waals surface area contributed by atoms with Gasteiger partial charge in [-0.05, 0) is 43.3 Å². The Bertz CT molecular complexity index is 534. The van der Waals surface area contributed by atoms with Gasteiger partial charge in [0, 0.05) is 4.47 Å². The van der Waals surface area contributed by atoms with Crippen molar-refractivity contribution in [2.45, 2.75) is 13.0 Å². The third-order valence-corrected chi connectivity index (χ3v) is 3.34. The third kappa shape index (κ3) is 2.98. The van der Waals surface area contributed by atoms with Crippen molar-refractivity contribution in [3.05, 3.63) is 69.4 Å². The normalized spacial score (nSPS) is 12.4. The minimum atomic E-state index is -0.229. The van der Waals surface area contributed by atoms with Crippen LogP contribution < -0.4 is 5.32 Å². The van der Waals surface area contributed by atoms with Crippen LogP contribution in [0.4, 0.5) is 4.39 Å². The number of aryl methyl sites for hydroxylation is 1. The van der Waals surface area contributed by atoms with Crippen LogP contribution in [0.1, 0.15) is 22.7 Å². The Labute approximate surface area is 115 Å². The maximum absolute atomic E-state index is 13.5. The van der Waals surface area contributed by atoms with Gasteiger partial charge in [-0.1, -0.05) is 45.8 Å². The lowest BCUT2D eigenvalue weighted by atomic mass is 9.97. The minimum absolute atomic E-state index is 0.00287. The fraction of sp³-hybridized carbons (Fsp3) is 0.200. The molecular weight excluding hydrogens is 293 g/mol. The average molecular weight is 308 g/mol. The van der Waals surface area contributed by atoms with Crippen molar-refractivity contribution in [2.75, 3.05) is 7.05 Å². The van der Waals surface area contributed by atoms with Crippen molar-refractivity contribution in [1.29, 1.82) is 0 Å². The lowest BCUT2D eigenvalue weighted by Crippen LogP contribution is -2.17. The molecule has 94 valence electrons. The number of hydrogen-bond donors (Lipinski definition) is 1. The van der Waals surface area contributed by atoms with Crippen LogP contribution in [0.3, 0.4) is 0 Å². The van der Waals surface area contributed by atoms with Crippen molar-refractivity contribution < 1.29 is 4.39 Å². The van der Waals surface area contributed by atoms with E-state index in [0.717, 1.165) is 15.6 Å². The summed E-state index contributed by atoms with van der Waals surface area (Å²) in [6, 6.07) is 13.2. The molecule has 1 N–H and O–H groups in total. The first-order chi connectivity index (χ1) is 8.60. The van der Waals surface area contributed by atoms with Crippen LogP contribution in [0.5, 0.6) is 0 Å². The molecule has 1 nitrogen and oxygen atoms in total. The van der Waals surface area contributed by atoms with Crippen LogP contribution in [0.2, 0.25) is 0 Å². The number of nitrogens with one attached hydrogen (secondary N) is 1. The first-order valence-corrected chi connectivity index (χ1v) is 6.59. The van der Waals surface area contributed by atoms with Gasteiger partial charge in [-0.2, -0.15) is 0 Å². The SMILES string of the molecule is CNC(c1cccc(C)c1)c1cc(F)cc(Br)c1. The van der Waals surface area contributed by atoms with E-state index in [1.54, 1.807) is 6.07 Å². The van der Waals surface area contributed by atoms with E-state index in [-0.39, 0.29) is 11.9 Å². The zero-order valence-electron chi connectivity index (χ0n) is 10.4. The summed E-state index contributed by atoms with van der Waals surface area (Å²) in [6.07, 6.45) is 0. The molecule has 1 unspecified atom stereocenters. The molecule has 18 heavy (non-hydrogen) atoms. The standard InChI is InChI=1S/C15H15BrFN/c1-10-4-3-5-11(6-10)15(18-2)12-7-13(16)9-14(17)8-12/h3-9,15,18H,1-2H3. The zero-order chi connectivity index (χ0) is 13.1. The maximum atomic E-state index is 13.5. The van der Waals surface area contributed by atoms with Crippen molar-refractivity contribution in [3.63, 3.8) is 0 Å². The summed E-state index contributed by atoms with van der Waals surface area (Å²) in [6.45, 7) is 2.05. The molecule has 0 bridgehead atoms. The van der Waals surface area contributed by atoms with Crippen LogP contribution in [0, 0.1) is 12.7 Å². The lowest BCUT2D eigenvalue weighted by Gasteiger charge is -2.18. The number of hydrogen-bond acceptors (Lipinski definition) is 1. The van der Waals surface area contributed by atoms with Crippen LogP contribution in [-0.2, 0) is 0 Å². The lowest BCUT2D eigenvalue weighted by molar-refractivity contribution is 0.615. The predicted octanol–water partition coefficient (Wildman–Crippen LogP) is 4.21. The quantitative estimate of drug-likeness (QED) is 0.896. The first kappa shape index (κ1) is 13.2. The molecule has 0 spiro atoms. The van der Waals surface area contributed by atoms with Gasteiger partial charge in [-0.15, -0.1) is 0 Å².